The molecular formula is C15H17FN4. The van der Waals surface area contributed by atoms with Gasteiger partial charge in [-0.25, -0.2) is 14.4 Å². The molecule has 4 nitrogen and oxygen atoms in total. The van der Waals surface area contributed by atoms with Gasteiger partial charge in [-0.1, -0.05) is 0 Å². The molecule has 0 aliphatic carbocycles. The SMILES string of the molecule is CNc1nc(-c2ccc3c(c2)CCN3C)nc(C)c1F. The Morgan fingerprint density at radius 2 is 2.10 bits per heavy atom. The van der Waals surface area contributed by atoms with E-state index in [2.05, 4.69) is 39.4 Å². The van der Waals surface area contributed by atoms with Crippen LogP contribution in [0, 0.1) is 12.7 Å². The lowest BCUT2D eigenvalue weighted by Gasteiger charge is -2.12. The van der Waals surface area contributed by atoms with Gasteiger partial charge in [-0.2, -0.15) is 0 Å². The maximum absolute atomic E-state index is 13.8. The molecule has 0 unspecified atom stereocenters. The Kier molecular flexibility index (Phi) is 3.04. The Bertz CT molecular complexity index is 669. The van der Waals surface area contributed by atoms with E-state index in [1.807, 2.05) is 6.07 Å². The lowest BCUT2D eigenvalue weighted by molar-refractivity contribution is 0.607. The van der Waals surface area contributed by atoms with Gasteiger partial charge in [-0.3, -0.25) is 0 Å². The van der Waals surface area contributed by atoms with E-state index in [0.29, 0.717) is 11.5 Å². The quantitative estimate of drug-likeness (QED) is 0.912. The van der Waals surface area contributed by atoms with Crippen LogP contribution in [0.3, 0.4) is 0 Å². The first-order chi connectivity index (χ1) is 9.60. The zero-order valence-corrected chi connectivity index (χ0v) is 11.9. The van der Waals surface area contributed by atoms with E-state index in [1.54, 1.807) is 14.0 Å². The Balaban J connectivity index is 2.08. The fourth-order valence-electron chi connectivity index (χ4n) is 2.56. The number of nitrogens with one attached hydrogen (secondary N) is 1. The number of halogens is 1. The molecule has 0 spiro atoms. The van der Waals surface area contributed by atoms with Crippen LogP contribution in [0.25, 0.3) is 11.4 Å². The van der Waals surface area contributed by atoms with Gasteiger partial charge >= 0.3 is 0 Å². The van der Waals surface area contributed by atoms with Gasteiger partial charge in [0.2, 0.25) is 0 Å². The highest BCUT2D eigenvalue weighted by Gasteiger charge is 2.18. The van der Waals surface area contributed by atoms with Crippen LogP contribution in [0.2, 0.25) is 0 Å². The van der Waals surface area contributed by atoms with Gasteiger partial charge in [0.1, 0.15) is 0 Å². The molecule has 0 bridgehead atoms. The normalized spacial score (nSPS) is 13.5. The van der Waals surface area contributed by atoms with Crippen LogP contribution in [0.5, 0.6) is 0 Å². The number of likely N-dealkylation sites (N-methyl/N-ethyl adjacent to an activating group) is 1. The van der Waals surface area contributed by atoms with Crippen molar-refractivity contribution in [2.75, 3.05) is 30.9 Å². The molecule has 1 aromatic carbocycles. The Morgan fingerprint density at radius 3 is 2.85 bits per heavy atom. The van der Waals surface area contributed by atoms with Crippen molar-refractivity contribution in [3.63, 3.8) is 0 Å². The molecule has 0 saturated heterocycles. The molecule has 5 heteroatoms. The molecule has 0 saturated carbocycles. The molecule has 0 radical (unpaired) electrons. The summed E-state index contributed by atoms with van der Waals surface area (Å²) >= 11 is 0. The Labute approximate surface area is 117 Å². The van der Waals surface area contributed by atoms with Crippen LogP contribution in [-0.4, -0.2) is 30.6 Å². The molecule has 0 atom stereocenters. The van der Waals surface area contributed by atoms with E-state index in [4.69, 9.17) is 0 Å². The molecule has 1 N–H and O–H groups in total. The van der Waals surface area contributed by atoms with Crippen LogP contribution in [-0.2, 0) is 6.42 Å². The number of aryl methyl sites for hydroxylation is 1. The highest BCUT2D eigenvalue weighted by Crippen LogP contribution is 2.31. The number of anilines is 2. The molecule has 2 heterocycles. The first kappa shape index (κ1) is 12.8. The first-order valence-corrected chi connectivity index (χ1v) is 6.66. The molecule has 0 amide bonds. The molecule has 20 heavy (non-hydrogen) atoms. The maximum Gasteiger partial charge on any atom is 0.186 e. The summed E-state index contributed by atoms with van der Waals surface area (Å²) in [6, 6.07) is 6.18. The molecular weight excluding hydrogens is 255 g/mol. The first-order valence-electron chi connectivity index (χ1n) is 6.66. The van der Waals surface area contributed by atoms with E-state index >= 15 is 0 Å². The summed E-state index contributed by atoms with van der Waals surface area (Å²) < 4.78 is 13.8. The van der Waals surface area contributed by atoms with Gasteiger partial charge < -0.3 is 10.2 Å². The van der Waals surface area contributed by atoms with E-state index in [9.17, 15) is 4.39 Å². The monoisotopic (exact) mass is 272 g/mol. The van der Waals surface area contributed by atoms with Gasteiger partial charge in [0, 0.05) is 31.9 Å². The number of nitrogens with zero attached hydrogens (tertiary/aromatic N) is 3. The summed E-state index contributed by atoms with van der Waals surface area (Å²) in [6.45, 7) is 2.69. The van der Waals surface area contributed by atoms with Crippen molar-refractivity contribution in [3.8, 4) is 11.4 Å². The third kappa shape index (κ3) is 1.99. The third-order valence-electron chi connectivity index (χ3n) is 3.72. The largest absolute Gasteiger partial charge is 0.374 e. The van der Waals surface area contributed by atoms with Gasteiger partial charge in [-0.05, 0) is 37.1 Å². The topological polar surface area (TPSA) is 41.1 Å². The standard InChI is InChI=1S/C15H17FN4/c1-9-13(16)15(17-2)19-14(18-9)11-4-5-12-10(8-11)6-7-20(12)3/h4-5,8H,6-7H2,1-3H3,(H,17,18,19). The number of hydrogen-bond acceptors (Lipinski definition) is 4. The van der Waals surface area contributed by atoms with Crippen LogP contribution in [0.4, 0.5) is 15.9 Å². The average molecular weight is 272 g/mol. The fourth-order valence-corrected chi connectivity index (χ4v) is 2.56. The second kappa shape index (κ2) is 4.74. The van der Waals surface area contributed by atoms with Crippen LogP contribution in [0.1, 0.15) is 11.3 Å². The molecule has 1 aliphatic rings. The molecule has 2 aromatic rings. The number of benzene rings is 1. The van der Waals surface area contributed by atoms with Crippen molar-refractivity contribution < 1.29 is 4.39 Å². The van der Waals surface area contributed by atoms with E-state index in [0.717, 1.165) is 18.5 Å². The molecule has 0 fully saturated rings. The van der Waals surface area contributed by atoms with Gasteiger partial charge in [0.25, 0.3) is 0 Å². The minimum Gasteiger partial charge on any atom is -0.374 e. The van der Waals surface area contributed by atoms with E-state index in [-0.39, 0.29) is 5.82 Å². The number of hydrogen-bond donors (Lipinski definition) is 1. The highest BCUT2D eigenvalue weighted by molar-refractivity contribution is 5.67. The average Bonchev–Trinajstić information content (AvgIpc) is 2.83. The second-order valence-corrected chi connectivity index (χ2v) is 5.06. The van der Waals surface area contributed by atoms with E-state index < -0.39 is 5.82 Å². The van der Waals surface area contributed by atoms with E-state index in [1.165, 1.54) is 11.3 Å². The van der Waals surface area contributed by atoms with Gasteiger partial charge in [0.05, 0.1) is 5.69 Å². The minimum absolute atomic E-state index is 0.241. The summed E-state index contributed by atoms with van der Waals surface area (Å²) in [4.78, 5) is 10.7. The number of aromatic nitrogens is 2. The fraction of sp³-hybridized carbons (Fsp3) is 0.333. The summed E-state index contributed by atoms with van der Waals surface area (Å²) in [6.07, 6.45) is 1.03. The number of rotatable bonds is 2. The predicted molar refractivity (Wildman–Crippen MR) is 78.7 cm³/mol. The summed E-state index contributed by atoms with van der Waals surface area (Å²) in [5.74, 6) is 0.410. The summed E-state index contributed by atoms with van der Waals surface area (Å²) in [5.41, 5.74) is 3.83. The highest BCUT2D eigenvalue weighted by atomic mass is 19.1. The number of fused-ring (bicyclic) bond motifs is 1. The zero-order chi connectivity index (χ0) is 14.3. The Morgan fingerprint density at radius 1 is 1.30 bits per heavy atom. The van der Waals surface area contributed by atoms with Crippen LogP contribution >= 0.6 is 0 Å². The molecule has 1 aromatic heterocycles. The lowest BCUT2D eigenvalue weighted by atomic mass is 10.1. The molecule has 3 rings (SSSR count). The van der Waals surface area contributed by atoms with Crippen molar-refractivity contribution in [1.29, 1.82) is 0 Å². The molecule has 1 aliphatic heterocycles. The third-order valence-corrected chi connectivity index (χ3v) is 3.72. The molecule has 104 valence electrons. The van der Waals surface area contributed by atoms with Crippen LogP contribution < -0.4 is 10.2 Å². The second-order valence-electron chi connectivity index (χ2n) is 5.06. The zero-order valence-electron chi connectivity index (χ0n) is 11.9. The van der Waals surface area contributed by atoms with Crippen molar-refractivity contribution in [2.24, 2.45) is 0 Å². The van der Waals surface area contributed by atoms with Crippen molar-refractivity contribution in [2.45, 2.75) is 13.3 Å². The smallest absolute Gasteiger partial charge is 0.186 e. The minimum atomic E-state index is -0.392. The Hall–Kier alpha value is -2.17. The van der Waals surface area contributed by atoms with Crippen molar-refractivity contribution in [3.05, 3.63) is 35.3 Å². The summed E-state index contributed by atoms with van der Waals surface area (Å²) in [7, 11) is 3.75. The summed E-state index contributed by atoms with van der Waals surface area (Å²) in [5, 5.41) is 2.77. The maximum atomic E-state index is 13.8. The van der Waals surface area contributed by atoms with Gasteiger partial charge in [-0.15, -0.1) is 0 Å². The predicted octanol–water partition coefficient (Wildman–Crippen LogP) is 2.63. The van der Waals surface area contributed by atoms with Crippen molar-refractivity contribution >= 4 is 11.5 Å². The van der Waals surface area contributed by atoms with Crippen LogP contribution in [0.15, 0.2) is 18.2 Å². The van der Waals surface area contributed by atoms with Crippen molar-refractivity contribution in [1.82, 2.24) is 9.97 Å². The lowest BCUT2D eigenvalue weighted by Crippen LogP contribution is -2.12. The van der Waals surface area contributed by atoms with Gasteiger partial charge in [0.15, 0.2) is 17.5 Å².